The van der Waals surface area contributed by atoms with Crippen LogP contribution in [0.15, 0.2) is 24.3 Å². The highest BCUT2D eigenvalue weighted by molar-refractivity contribution is 7.99. The molecule has 0 spiro atoms. The zero-order chi connectivity index (χ0) is 13.7. The van der Waals surface area contributed by atoms with E-state index in [1.54, 1.807) is 0 Å². The first-order valence-corrected chi connectivity index (χ1v) is 8.43. The van der Waals surface area contributed by atoms with E-state index in [-0.39, 0.29) is 0 Å². The molecule has 2 rings (SSSR count). The molecule has 1 aliphatic rings. The molecule has 0 bridgehead atoms. The van der Waals surface area contributed by atoms with Gasteiger partial charge in [-0.25, -0.2) is 0 Å². The van der Waals surface area contributed by atoms with Crippen molar-refractivity contribution in [1.82, 2.24) is 5.32 Å². The molecule has 1 aliphatic heterocycles. The highest BCUT2D eigenvalue weighted by Gasteiger charge is 2.21. The molecular formula is C16H26N2S. The van der Waals surface area contributed by atoms with Gasteiger partial charge in [-0.15, -0.1) is 0 Å². The molecule has 106 valence electrons. The van der Waals surface area contributed by atoms with Crippen LogP contribution < -0.4 is 10.2 Å². The minimum atomic E-state index is 0.705. The van der Waals surface area contributed by atoms with Crippen molar-refractivity contribution in [1.29, 1.82) is 0 Å². The van der Waals surface area contributed by atoms with Crippen molar-refractivity contribution in [3.8, 4) is 0 Å². The predicted octanol–water partition coefficient (Wildman–Crippen LogP) is 3.37. The van der Waals surface area contributed by atoms with Crippen LogP contribution in [-0.4, -0.2) is 31.1 Å². The van der Waals surface area contributed by atoms with E-state index in [2.05, 4.69) is 67.1 Å². The Bertz CT molecular complexity index is 386. The monoisotopic (exact) mass is 278 g/mol. The highest BCUT2D eigenvalue weighted by atomic mass is 32.2. The van der Waals surface area contributed by atoms with E-state index in [1.165, 1.54) is 29.2 Å². The zero-order valence-electron chi connectivity index (χ0n) is 12.4. The van der Waals surface area contributed by atoms with E-state index >= 15 is 0 Å². The van der Waals surface area contributed by atoms with E-state index in [1.807, 2.05) is 0 Å². The van der Waals surface area contributed by atoms with Gasteiger partial charge < -0.3 is 10.2 Å². The van der Waals surface area contributed by atoms with Crippen LogP contribution >= 0.6 is 11.8 Å². The molecule has 2 nitrogen and oxygen atoms in total. The molecule has 0 radical (unpaired) electrons. The third-order valence-corrected chi connectivity index (χ3v) is 4.84. The lowest BCUT2D eigenvalue weighted by Crippen LogP contribution is -2.32. The van der Waals surface area contributed by atoms with Crippen molar-refractivity contribution in [2.75, 3.05) is 30.0 Å². The standard InChI is InChI=1S/C16H26N2S/c1-13(2)10-17-11-14-6-4-5-7-16(14)18(3)15-8-9-19-12-15/h4-7,13,15,17H,8-12H2,1-3H3. The summed E-state index contributed by atoms with van der Waals surface area (Å²) in [6, 6.07) is 9.51. The molecule has 0 amide bonds. The van der Waals surface area contributed by atoms with Gasteiger partial charge in [-0.1, -0.05) is 32.0 Å². The second kappa shape index (κ2) is 7.20. The second-order valence-electron chi connectivity index (χ2n) is 5.78. The maximum atomic E-state index is 3.56. The third kappa shape index (κ3) is 4.15. The van der Waals surface area contributed by atoms with Crippen LogP contribution in [0.2, 0.25) is 0 Å². The number of nitrogens with one attached hydrogen (secondary N) is 1. The number of rotatable bonds is 6. The van der Waals surface area contributed by atoms with E-state index in [4.69, 9.17) is 0 Å². The summed E-state index contributed by atoms with van der Waals surface area (Å²) in [5.74, 6) is 3.28. The maximum absolute atomic E-state index is 3.56. The van der Waals surface area contributed by atoms with E-state index in [9.17, 15) is 0 Å². The molecule has 1 heterocycles. The Labute approximate surface area is 122 Å². The first-order chi connectivity index (χ1) is 9.18. The molecule has 1 atom stereocenters. The fourth-order valence-electron chi connectivity index (χ4n) is 2.52. The van der Waals surface area contributed by atoms with Crippen molar-refractivity contribution < 1.29 is 0 Å². The summed E-state index contributed by atoms with van der Waals surface area (Å²) in [4.78, 5) is 2.48. The Balaban J connectivity index is 2.02. The van der Waals surface area contributed by atoms with Crippen molar-refractivity contribution in [2.24, 2.45) is 5.92 Å². The molecule has 0 aliphatic carbocycles. The van der Waals surface area contributed by atoms with Crippen molar-refractivity contribution in [2.45, 2.75) is 32.9 Å². The number of anilines is 1. The van der Waals surface area contributed by atoms with Gasteiger partial charge in [0.2, 0.25) is 0 Å². The topological polar surface area (TPSA) is 15.3 Å². The minimum Gasteiger partial charge on any atom is -0.370 e. The molecule has 0 saturated carbocycles. The highest BCUT2D eigenvalue weighted by Crippen LogP contribution is 2.28. The average molecular weight is 278 g/mol. The third-order valence-electron chi connectivity index (χ3n) is 3.69. The minimum absolute atomic E-state index is 0.705. The van der Waals surface area contributed by atoms with E-state index in [0.29, 0.717) is 12.0 Å². The number of thioether (sulfide) groups is 1. The number of hydrogen-bond donors (Lipinski definition) is 1. The second-order valence-corrected chi connectivity index (χ2v) is 6.93. The first kappa shape index (κ1) is 14.7. The van der Waals surface area contributed by atoms with Crippen LogP contribution in [0.25, 0.3) is 0 Å². The normalized spacial score (nSPS) is 19.1. The summed E-state index contributed by atoms with van der Waals surface area (Å²) in [6.07, 6.45) is 1.31. The number of nitrogens with zero attached hydrogens (tertiary/aromatic N) is 1. The van der Waals surface area contributed by atoms with Gasteiger partial charge in [0, 0.05) is 31.1 Å². The van der Waals surface area contributed by atoms with Gasteiger partial charge in [-0.3, -0.25) is 0 Å². The molecule has 1 saturated heterocycles. The van der Waals surface area contributed by atoms with E-state index in [0.717, 1.165) is 13.1 Å². The Kier molecular flexibility index (Phi) is 5.59. The van der Waals surface area contributed by atoms with Crippen LogP contribution in [0, 0.1) is 5.92 Å². The Morgan fingerprint density at radius 3 is 2.84 bits per heavy atom. The summed E-state index contributed by atoms with van der Waals surface area (Å²) in [5.41, 5.74) is 2.81. The largest absolute Gasteiger partial charge is 0.370 e. The van der Waals surface area contributed by atoms with Crippen molar-refractivity contribution in [3.05, 3.63) is 29.8 Å². The van der Waals surface area contributed by atoms with E-state index < -0.39 is 0 Å². The van der Waals surface area contributed by atoms with Gasteiger partial charge in [0.05, 0.1) is 0 Å². The SMILES string of the molecule is CC(C)CNCc1ccccc1N(C)C1CCSC1. The molecule has 1 N–H and O–H groups in total. The maximum Gasteiger partial charge on any atom is 0.0412 e. The molecule has 1 aromatic carbocycles. The average Bonchev–Trinajstić information content (AvgIpc) is 2.92. The summed E-state index contributed by atoms with van der Waals surface area (Å²) in [7, 11) is 2.25. The quantitative estimate of drug-likeness (QED) is 0.859. The Morgan fingerprint density at radius 2 is 2.16 bits per heavy atom. The molecule has 19 heavy (non-hydrogen) atoms. The van der Waals surface area contributed by atoms with Gasteiger partial charge in [-0.05, 0) is 36.3 Å². The number of hydrogen-bond acceptors (Lipinski definition) is 3. The summed E-state index contributed by atoms with van der Waals surface area (Å²) in [6.45, 7) is 6.55. The summed E-state index contributed by atoms with van der Waals surface area (Å²) in [5, 5.41) is 3.56. The van der Waals surface area contributed by atoms with Crippen molar-refractivity contribution >= 4 is 17.4 Å². The van der Waals surface area contributed by atoms with Crippen LogP contribution in [0.1, 0.15) is 25.8 Å². The van der Waals surface area contributed by atoms with Crippen LogP contribution in [0.5, 0.6) is 0 Å². The smallest absolute Gasteiger partial charge is 0.0412 e. The summed E-state index contributed by atoms with van der Waals surface area (Å²) < 4.78 is 0. The van der Waals surface area contributed by atoms with Crippen LogP contribution in [0.4, 0.5) is 5.69 Å². The van der Waals surface area contributed by atoms with Crippen molar-refractivity contribution in [3.63, 3.8) is 0 Å². The fourth-order valence-corrected chi connectivity index (χ4v) is 3.79. The molecular weight excluding hydrogens is 252 g/mol. The molecule has 3 heteroatoms. The number of benzene rings is 1. The molecule has 0 aromatic heterocycles. The van der Waals surface area contributed by atoms with Crippen LogP contribution in [0.3, 0.4) is 0 Å². The van der Waals surface area contributed by atoms with Gasteiger partial charge in [0.1, 0.15) is 0 Å². The predicted molar refractivity (Wildman–Crippen MR) is 87.1 cm³/mol. The molecule has 1 aromatic rings. The molecule has 1 unspecified atom stereocenters. The van der Waals surface area contributed by atoms with Gasteiger partial charge in [-0.2, -0.15) is 11.8 Å². The number of para-hydroxylation sites is 1. The lowest BCUT2D eigenvalue weighted by Gasteiger charge is -2.28. The first-order valence-electron chi connectivity index (χ1n) is 7.27. The lowest BCUT2D eigenvalue weighted by atomic mass is 10.1. The Morgan fingerprint density at radius 1 is 1.37 bits per heavy atom. The lowest BCUT2D eigenvalue weighted by molar-refractivity contribution is 0.551. The van der Waals surface area contributed by atoms with Gasteiger partial charge in [0.25, 0.3) is 0 Å². The zero-order valence-corrected chi connectivity index (χ0v) is 13.2. The van der Waals surface area contributed by atoms with Gasteiger partial charge >= 0.3 is 0 Å². The summed E-state index contributed by atoms with van der Waals surface area (Å²) >= 11 is 2.08. The fraction of sp³-hybridized carbons (Fsp3) is 0.625. The van der Waals surface area contributed by atoms with Crippen LogP contribution in [-0.2, 0) is 6.54 Å². The molecule has 1 fully saturated rings. The van der Waals surface area contributed by atoms with Gasteiger partial charge in [0.15, 0.2) is 0 Å². The Hall–Kier alpha value is -0.670.